The summed E-state index contributed by atoms with van der Waals surface area (Å²) >= 11 is 0. The summed E-state index contributed by atoms with van der Waals surface area (Å²) in [4.78, 5) is 22.0. The van der Waals surface area contributed by atoms with Gasteiger partial charge in [-0.3, -0.25) is 14.9 Å². The van der Waals surface area contributed by atoms with Crippen LogP contribution in [0.25, 0.3) is 0 Å². The lowest BCUT2D eigenvalue weighted by Gasteiger charge is -2.05. The van der Waals surface area contributed by atoms with Gasteiger partial charge in [0.2, 0.25) is 5.75 Å². The molecule has 0 aliphatic carbocycles. The third kappa shape index (κ3) is 7.02. The Hall–Kier alpha value is -2.17. The molecule has 1 aromatic carbocycles. The molecular formula is C17H23NO4. The monoisotopic (exact) mass is 305 g/mol. The molecule has 0 bridgehead atoms. The zero-order chi connectivity index (χ0) is 16.2. The Morgan fingerprint density at radius 3 is 2.45 bits per heavy atom. The van der Waals surface area contributed by atoms with Gasteiger partial charge in [-0.2, -0.15) is 0 Å². The molecule has 0 aliphatic rings. The molecule has 0 heterocycles. The van der Waals surface area contributed by atoms with E-state index in [-0.39, 0.29) is 11.4 Å². The van der Waals surface area contributed by atoms with E-state index in [1.54, 1.807) is 12.1 Å². The van der Waals surface area contributed by atoms with E-state index in [4.69, 9.17) is 4.74 Å². The Bertz CT molecular complexity index is 499. The summed E-state index contributed by atoms with van der Waals surface area (Å²) in [5.74, 6) is -0.400. The number of unbranched alkanes of at least 4 members (excludes halogenated alkanes) is 6. The molecule has 0 aromatic heterocycles. The Balaban J connectivity index is 2.21. The Labute approximate surface area is 131 Å². The van der Waals surface area contributed by atoms with Crippen LogP contribution in [0.15, 0.2) is 36.9 Å². The number of hydrogen-bond acceptors (Lipinski definition) is 4. The number of rotatable bonds is 11. The fraction of sp³-hybridized carbons (Fsp3) is 0.471. The zero-order valence-electron chi connectivity index (χ0n) is 12.8. The van der Waals surface area contributed by atoms with Gasteiger partial charge in [0.05, 0.1) is 4.92 Å². The van der Waals surface area contributed by atoms with Crippen LogP contribution in [0.3, 0.4) is 0 Å². The fourth-order valence-electron chi connectivity index (χ4n) is 2.13. The second-order valence-electron chi connectivity index (χ2n) is 5.15. The molecule has 5 nitrogen and oxygen atoms in total. The fourth-order valence-corrected chi connectivity index (χ4v) is 2.13. The number of benzene rings is 1. The van der Waals surface area contributed by atoms with Crippen molar-refractivity contribution in [1.82, 2.24) is 0 Å². The number of esters is 1. The molecule has 1 rings (SSSR count). The van der Waals surface area contributed by atoms with Crippen LogP contribution in [0.1, 0.15) is 51.4 Å². The number of carbonyl (C=O) groups excluding carboxylic acids is 1. The number of nitro benzene ring substituents is 1. The summed E-state index contributed by atoms with van der Waals surface area (Å²) in [6.45, 7) is 3.69. The van der Waals surface area contributed by atoms with Crippen LogP contribution >= 0.6 is 0 Å². The summed E-state index contributed by atoms with van der Waals surface area (Å²) in [5.41, 5.74) is -0.182. The summed E-state index contributed by atoms with van der Waals surface area (Å²) < 4.78 is 5.07. The first-order valence-electron chi connectivity index (χ1n) is 7.70. The van der Waals surface area contributed by atoms with Crippen LogP contribution in [-0.4, -0.2) is 10.9 Å². The first-order chi connectivity index (χ1) is 10.6. The molecule has 0 spiro atoms. The minimum Gasteiger partial charge on any atom is -0.419 e. The lowest BCUT2D eigenvalue weighted by Crippen LogP contribution is -2.08. The summed E-state index contributed by atoms with van der Waals surface area (Å²) in [5, 5.41) is 10.8. The number of nitrogens with zero attached hydrogens (tertiary/aromatic N) is 1. The number of nitro groups is 1. The van der Waals surface area contributed by atoms with Crippen LogP contribution in [0, 0.1) is 10.1 Å². The topological polar surface area (TPSA) is 69.4 Å². The van der Waals surface area contributed by atoms with Crippen LogP contribution < -0.4 is 4.74 Å². The molecule has 0 unspecified atom stereocenters. The minimum atomic E-state index is -0.550. The second kappa shape index (κ2) is 10.5. The third-order valence-corrected chi connectivity index (χ3v) is 3.32. The van der Waals surface area contributed by atoms with E-state index in [0.29, 0.717) is 6.42 Å². The SMILES string of the molecule is C=CCCCCCCCCC(=O)Oc1ccccc1[N+](=O)[O-]. The van der Waals surface area contributed by atoms with Crippen molar-refractivity contribution in [3.63, 3.8) is 0 Å². The van der Waals surface area contributed by atoms with Gasteiger partial charge >= 0.3 is 11.7 Å². The van der Waals surface area contributed by atoms with E-state index in [1.807, 2.05) is 6.08 Å². The van der Waals surface area contributed by atoms with Crippen molar-refractivity contribution in [3.05, 3.63) is 47.0 Å². The van der Waals surface area contributed by atoms with Crippen molar-refractivity contribution >= 4 is 11.7 Å². The maximum atomic E-state index is 11.7. The average Bonchev–Trinajstić information content (AvgIpc) is 2.50. The second-order valence-corrected chi connectivity index (χ2v) is 5.15. The van der Waals surface area contributed by atoms with E-state index >= 15 is 0 Å². The number of allylic oxidation sites excluding steroid dienone is 1. The van der Waals surface area contributed by atoms with Crippen LogP contribution in [0.4, 0.5) is 5.69 Å². The van der Waals surface area contributed by atoms with Crippen molar-refractivity contribution in [2.75, 3.05) is 0 Å². The predicted molar refractivity (Wildman–Crippen MR) is 85.9 cm³/mol. The lowest BCUT2D eigenvalue weighted by molar-refractivity contribution is -0.385. The maximum Gasteiger partial charge on any atom is 0.311 e. The van der Waals surface area contributed by atoms with Gasteiger partial charge in [0.1, 0.15) is 0 Å². The van der Waals surface area contributed by atoms with Gasteiger partial charge in [0.25, 0.3) is 0 Å². The first-order valence-corrected chi connectivity index (χ1v) is 7.70. The molecule has 0 fully saturated rings. The Morgan fingerprint density at radius 2 is 1.77 bits per heavy atom. The van der Waals surface area contributed by atoms with Crippen LogP contribution in [-0.2, 0) is 4.79 Å². The molecule has 22 heavy (non-hydrogen) atoms. The molecular weight excluding hydrogens is 282 g/mol. The van der Waals surface area contributed by atoms with Gasteiger partial charge in [-0.05, 0) is 25.3 Å². The molecule has 0 radical (unpaired) electrons. The number of hydrogen-bond donors (Lipinski definition) is 0. The molecule has 0 saturated heterocycles. The smallest absolute Gasteiger partial charge is 0.311 e. The molecule has 0 N–H and O–H groups in total. The lowest BCUT2D eigenvalue weighted by atomic mass is 10.1. The van der Waals surface area contributed by atoms with Gasteiger partial charge in [0.15, 0.2) is 0 Å². The van der Waals surface area contributed by atoms with Gasteiger partial charge < -0.3 is 4.74 Å². The van der Waals surface area contributed by atoms with Crippen LogP contribution in [0.2, 0.25) is 0 Å². The highest BCUT2D eigenvalue weighted by Gasteiger charge is 2.16. The van der Waals surface area contributed by atoms with Gasteiger partial charge in [-0.25, -0.2) is 0 Å². The minimum absolute atomic E-state index is 0.0157. The Morgan fingerprint density at radius 1 is 1.14 bits per heavy atom. The van der Waals surface area contributed by atoms with E-state index in [0.717, 1.165) is 32.1 Å². The number of para-hydroxylation sites is 2. The van der Waals surface area contributed by atoms with Gasteiger partial charge in [-0.15, -0.1) is 6.58 Å². The highest BCUT2D eigenvalue weighted by molar-refractivity contribution is 5.73. The normalized spacial score (nSPS) is 10.2. The zero-order valence-corrected chi connectivity index (χ0v) is 12.8. The van der Waals surface area contributed by atoms with Gasteiger partial charge in [-0.1, -0.05) is 43.9 Å². The first kappa shape index (κ1) is 17.9. The molecule has 1 aromatic rings. The molecule has 0 saturated carbocycles. The predicted octanol–water partition coefficient (Wildman–Crippen LogP) is 4.81. The van der Waals surface area contributed by atoms with Crippen LogP contribution in [0.5, 0.6) is 5.75 Å². The molecule has 5 heteroatoms. The average molecular weight is 305 g/mol. The Kier molecular flexibility index (Phi) is 8.57. The molecule has 0 amide bonds. The highest BCUT2D eigenvalue weighted by Crippen LogP contribution is 2.26. The number of carbonyl (C=O) groups is 1. The summed E-state index contributed by atoms with van der Waals surface area (Å²) in [6, 6.07) is 5.92. The third-order valence-electron chi connectivity index (χ3n) is 3.32. The largest absolute Gasteiger partial charge is 0.419 e. The molecule has 0 aliphatic heterocycles. The van der Waals surface area contributed by atoms with Crippen molar-refractivity contribution in [1.29, 1.82) is 0 Å². The summed E-state index contributed by atoms with van der Waals surface area (Å²) in [7, 11) is 0. The van der Waals surface area contributed by atoms with E-state index in [9.17, 15) is 14.9 Å². The van der Waals surface area contributed by atoms with Gasteiger partial charge in [0, 0.05) is 12.5 Å². The standard InChI is InChI=1S/C17H23NO4/c1-2-3-4-5-6-7-8-9-14-17(19)22-16-13-11-10-12-15(16)18(20)21/h2,10-13H,1,3-9,14H2. The maximum absolute atomic E-state index is 11.7. The van der Waals surface area contributed by atoms with Crippen molar-refractivity contribution < 1.29 is 14.5 Å². The van der Waals surface area contributed by atoms with Crippen molar-refractivity contribution in [2.45, 2.75) is 51.4 Å². The van der Waals surface area contributed by atoms with E-state index in [1.165, 1.54) is 25.0 Å². The van der Waals surface area contributed by atoms with E-state index < -0.39 is 10.9 Å². The summed E-state index contributed by atoms with van der Waals surface area (Å²) in [6.07, 6.45) is 9.61. The quantitative estimate of drug-likeness (QED) is 0.147. The van der Waals surface area contributed by atoms with E-state index in [2.05, 4.69) is 6.58 Å². The molecule has 120 valence electrons. The molecule has 0 atom stereocenters. The van der Waals surface area contributed by atoms with Crippen molar-refractivity contribution in [2.24, 2.45) is 0 Å². The van der Waals surface area contributed by atoms with Crippen molar-refractivity contribution in [3.8, 4) is 5.75 Å². The highest BCUT2D eigenvalue weighted by atomic mass is 16.6. The number of ether oxygens (including phenoxy) is 1.